The summed E-state index contributed by atoms with van der Waals surface area (Å²) in [7, 11) is 1.04. The van der Waals surface area contributed by atoms with Gasteiger partial charge in [-0.15, -0.1) is 0 Å². The van der Waals surface area contributed by atoms with Crippen LogP contribution in [0, 0.1) is 0 Å². The number of benzene rings is 1. The molecule has 0 amide bonds. The largest absolute Gasteiger partial charge is 0.543 e. The van der Waals surface area contributed by atoms with E-state index in [1.165, 1.54) is 21.3 Å². The molecule has 1 aromatic carbocycles. The Bertz CT molecular complexity index is 420. The van der Waals surface area contributed by atoms with Gasteiger partial charge < -0.3 is 18.0 Å². The van der Waals surface area contributed by atoms with Gasteiger partial charge in [0.2, 0.25) is 0 Å². The van der Waals surface area contributed by atoms with Gasteiger partial charge in [-0.05, 0) is 5.56 Å². The average molecular weight is 282 g/mol. The van der Waals surface area contributed by atoms with E-state index in [-0.39, 0.29) is 11.8 Å². The standard InChI is InChI=1S/C13H18O5Si/c1-11(19(15-2,16-3)17-4)13(14)18-10-12-8-6-5-7-9-12/h5-9H,1,10H2,2-4H3. The Labute approximate surface area is 114 Å². The van der Waals surface area contributed by atoms with Crippen molar-refractivity contribution in [3.63, 3.8) is 0 Å². The van der Waals surface area contributed by atoms with Gasteiger partial charge >= 0.3 is 14.8 Å². The number of carbonyl (C=O) groups excluding carboxylic acids is 1. The van der Waals surface area contributed by atoms with Gasteiger partial charge in [-0.3, -0.25) is 0 Å². The van der Waals surface area contributed by atoms with E-state index in [4.69, 9.17) is 18.0 Å². The number of esters is 1. The van der Waals surface area contributed by atoms with Crippen LogP contribution >= 0.6 is 0 Å². The molecule has 1 aromatic rings. The zero-order valence-electron chi connectivity index (χ0n) is 11.3. The van der Waals surface area contributed by atoms with Crippen molar-refractivity contribution in [3.8, 4) is 0 Å². The van der Waals surface area contributed by atoms with Gasteiger partial charge in [-0.2, -0.15) is 0 Å². The highest BCUT2D eigenvalue weighted by molar-refractivity contribution is 6.73. The normalized spacial score (nSPS) is 11.1. The Hall–Kier alpha value is -1.47. The average Bonchev–Trinajstić information content (AvgIpc) is 2.48. The minimum absolute atomic E-state index is 0.0796. The first-order valence-electron chi connectivity index (χ1n) is 5.65. The van der Waals surface area contributed by atoms with E-state index in [1.807, 2.05) is 30.3 Å². The molecule has 5 nitrogen and oxygen atoms in total. The molecule has 0 heterocycles. The van der Waals surface area contributed by atoms with Crippen LogP contribution in [0.1, 0.15) is 5.56 Å². The Kier molecular flexibility index (Phi) is 5.90. The van der Waals surface area contributed by atoms with Crippen LogP contribution in [0.5, 0.6) is 0 Å². The molecule has 0 aliphatic heterocycles. The second-order valence-corrected chi connectivity index (χ2v) is 6.65. The first-order chi connectivity index (χ1) is 9.09. The van der Waals surface area contributed by atoms with Gasteiger partial charge in [0.15, 0.2) is 0 Å². The lowest BCUT2D eigenvalue weighted by molar-refractivity contribution is -0.140. The Morgan fingerprint density at radius 3 is 2.11 bits per heavy atom. The zero-order valence-corrected chi connectivity index (χ0v) is 12.3. The quantitative estimate of drug-likeness (QED) is 0.433. The van der Waals surface area contributed by atoms with Crippen molar-refractivity contribution in [1.82, 2.24) is 0 Å². The molecule has 0 N–H and O–H groups in total. The SMILES string of the molecule is C=C(C(=O)OCc1ccccc1)[Si](OC)(OC)OC. The van der Waals surface area contributed by atoms with Crippen LogP contribution in [0.3, 0.4) is 0 Å². The molecule has 0 saturated heterocycles. The fourth-order valence-electron chi connectivity index (χ4n) is 1.55. The third kappa shape index (κ3) is 3.74. The summed E-state index contributed by atoms with van der Waals surface area (Å²) in [6, 6.07) is 9.36. The predicted octanol–water partition coefficient (Wildman–Crippen LogP) is 1.70. The van der Waals surface area contributed by atoms with E-state index < -0.39 is 14.8 Å². The van der Waals surface area contributed by atoms with Crippen LogP contribution in [-0.2, 0) is 29.4 Å². The first-order valence-corrected chi connectivity index (χ1v) is 7.38. The number of hydrogen-bond donors (Lipinski definition) is 0. The van der Waals surface area contributed by atoms with Crippen LogP contribution in [0.15, 0.2) is 42.1 Å². The van der Waals surface area contributed by atoms with Crippen molar-refractivity contribution in [2.45, 2.75) is 6.61 Å². The molecule has 0 bridgehead atoms. The van der Waals surface area contributed by atoms with Gasteiger partial charge in [0, 0.05) is 21.3 Å². The van der Waals surface area contributed by atoms with Gasteiger partial charge in [0.25, 0.3) is 0 Å². The molecule has 19 heavy (non-hydrogen) atoms. The second-order valence-electron chi connectivity index (χ2n) is 3.71. The van der Waals surface area contributed by atoms with Gasteiger partial charge in [-0.25, -0.2) is 4.79 Å². The molecule has 0 radical (unpaired) electrons. The number of rotatable bonds is 7. The Morgan fingerprint density at radius 2 is 1.63 bits per heavy atom. The number of carbonyl (C=O) groups is 1. The summed E-state index contributed by atoms with van der Waals surface area (Å²) in [6.45, 7) is 3.83. The van der Waals surface area contributed by atoms with E-state index in [9.17, 15) is 4.79 Å². The Morgan fingerprint density at radius 1 is 1.11 bits per heavy atom. The maximum atomic E-state index is 11.9. The minimum atomic E-state index is -3.19. The first kappa shape index (κ1) is 15.6. The van der Waals surface area contributed by atoms with Crippen molar-refractivity contribution in [1.29, 1.82) is 0 Å². The summed E-state index contributed by atoms with van der Waals surface area (Å²) in [6.07, 6.45) is 0. The van der Waals surface area contributed by atoms with E-state index in [2.05, 4.69) is 6.58 Å². The minimum Gasteiger partial charge on any atom is -0.458 e. The summed E-state index contributed by atoms with van der Waals surface area (Å²) >= 11 is 0. The predicted molar refractivity (Wildman–Crippen MR) is 72.2 cm³/mol. The lowest BCUT2D eigenvalue weighted by Crippen LogP contribution is -2.47. The molecular formula is C13H18O5Si. The van der Waals surface area contributed by atoms with Crippen LogP contribution in [-0.4, -0.2) is 36.1 Å². The third-order valence-electron chi connectivity index (χ3n) is 2.63. The Balaban J connectivity index is 2.65. The molecule has 0 spiro atoms. The topological polar surface area (TPSA) is 54.0 Å². The van der Waals surface area contributed by atoms with Crippen molar-refractivity contribution in [2.75, 3.05) is 21.3 Å². The van der Waals surface area contributed by atoms with Crippen LogP contribution in [0.4, 0.5) is 0 Å². The van der Waals surface area contributed by atoms with E-state index in [0.717, 1.165) is 5.56 Å². The van der Waals surface area contributed by atoms with Gasteiger partial charge in [-0.1, -0.05) is 36.9 Å². The molecule has 0 aliphatic carbocycles. The maximum Gasteiger partial charge on any atom is 0.543 e. The number of hydrogen-bond acceptors (Lipinski definition) is 5. The molecule has 6 heteroatoms. The number of ether oxygens (including phenoxy) is 1. The maximum absolute atomic E-state index is 11.9. The lowest BCUT2D eigenvalue weighted by atomic mass is 10.2. The summed E-state index contributed by atoms with van der Waals surface area (Å²) in [4.78, 5) is 11.9. The molecule has 104 valence electrons. The zero-order chi connectivity index (χ0) is 14.3. The molecular weight excluding hydrogens is 264 g/mol. The fraction of sp³-hybridized carbons (Fsp3) is 0.308. The highest BCUT2D eigenvalue weighted by atomic mass is 28.4. The molecule has 0 atom stereocenters. The monoisotopic (exact) mass is 282 g/mol. The lowest BCUT2D eigenvalue weighted by Gasteiger charge is -2.24. The fourth-order valence-corrected chi connectivity index (χ4v) is 3.12. The van der Waals surface area contributed by atoms with Crippen molar-refractivity contribution < 1.29 is 22.8 Å². The summed E-state index contributed by atoms with van der Waals surface area (Å²) in [5, 5.41) is 0.0796. The third-order valence-corrected chi connectivity index (χ3v) is 5.19. The van der Waals surface area contributed by atoms with Crippen molar-refractivity contribution in [3.05, 3.63) is 47.7 Å². The molecule has 0 aliphatic rings. The summed E-state index contributed by atoms with van der Waals surface area (Å²) < 4.78 is 20.7. The smallest absolute Gasteiger partial charge is 0.458 e. The van der Waals surface area contributed by atoms with E-state index >= 15 is 0 Å². The highest BCUT2D eigenvalue weighted by Crippen LogP contribution is 2.18. The highest BCUT2D eigenvalue weighted by Gasteiger charge is 2.46. The molecule has 0 saturated carbocycles. The molecule has 0 fully saturated rings. The van der Waals surface area contributed by atoms with Gasteiger partial charge in [0.05, 0.1) is 0 Å². The molecule has 1 rings (SSSR count). The molecule has 0 unspecified atom stereocenters. The summed E-state index contributed by atoms with van der Waals surface area (Å²) in [5.41, 5.74) is 0.892. The molecule has 0 aromatic heterocycles. The van der Waals surface area contributed by atoms with E-state index in [1.54, 1.807) is 0 Å². The van der Waals surface area contributed by atoms with E-state index in [0.29, 0.717) is 0 Å². The van der Waals surface area contributed by atoms with Crippen LogP contribution in [0.25, 0.3) is 0 Å². The van der Waals surface area contributed by atoms with Crippen LogP contribution < -0.4 is 0 Å². The second kappa shape index (κ2) is 7.20. The summed E-state index contributed by atoms with van der Waals surface area (Å²) in [5.74, 6) is -0.582. The van der Waals surface area contributed by atoms with Crippen molar-refractivity contribution >= 4 is 14.8 Å². The van der Waals surface area contributed by atoms with Crippen molar-refractivity contribution in [2.24, 2.45) is 0 Å². The van der Waals surface area contributed by atoms with Gasteiger partial charge in [0.1, 0.15) is 11.8 Å². The van der Waals surface area contributed by atoms with Crippen LogP contribution in [0.2, 0.25) is 0 Å².